The third kappa shape index (κ3) is 3.98. The molecule has 2 heteroatoms. The molecule has 0 atom stereocenters. The van der Waals surface area contributed by atoms with Crippen molar-refractivity contribution in [3.8, 4) is 0 Å². The number of fused-ring (bicyclic) bond motifs is 3. The van der Waals surface area contributed by atoms with E-state index in [9.17, 15) is 0 Å². The van der Waals surface area contributed by atoms with Gasteiger partial charge in [0.1, 0.15) is 0 Å². The molecule has 0 aliphatic rings. The third-order valence-electron chi connectivity index (χ3n) is 6.00. The zero-order chi connectivity index (χ0) is 18.4. The van der Waals surface area contributed by atoms with Gasteiger partial charge in [-0.25, -0.2) is 0 Å². The first-order valence-corrected chi connectivity index (χ1v) is 18.1. The molecule has 0 N–H and O–H groups in total. The van der Waals surface area contributed by atoms with E-state index in [4.69, 9.17) is 4.42 Å². The van der Waals surface area contributed by atoms with Crippen molar-refractivity contribution in [2.24, 2.45) is 0 Å². The Balaban J connectivity index is 2.17. The van der Waals surface area contributed by atoms with Crippen LogP contribution in [0.3, 0.4) is 0 Å². The van der Waals surface area contributed by atoms with E-state index in [0.29, 0.717) is 0 Å². The molecule has 0 saturated carbocycles. The molecule has 1 nitrogen and oxygen atoms in total. The van der Waals surface area contributed by atoms with Crippen LogP contribution >= 0.6 is 0 Å². The fraction of sp³-hybridized carbons (Fsp3) is 0.500. The molecule has 0 radical (unpaired) electrons. The van der Waals surface area contributed by atoms with Crippen molar-refractivity contribution in [3.05, 3.63) is 42.5 Å². The van der Waals surface area contributed by atoms with Crippen molar-refractivity contribution >= 4 is 43.9 Å². The number of benzene rings is 2. The SMILES string of the molecule is CCC[CH2][Sn]([CH2]CCC)([CH2]CCC)[c]1cccc2c1oc1ccccc12. The van der Waals surface area contributed by atoms with Crippen molar-refractivity contribution in [1.29, 1.82) is 0 Å². The average Bonchev–Trinajstić information content (AvgIpc) is 3.06. The summed E-state index contributed by atoms with van der Waals surface area (Å²) in [6, 6.07) is 15.6. The Morgan fingerprint density at radius 1 is 0.692 bits per heavy atom. The van der Waals surface area contributed by atoms with E-state index in [1.54, 1.807) is 3.58 Å². The van der Waals surface area contributed by atoms with Crippen LogP contribution in [-0.4, -0.2) is 18.4 Å². The summed E-state index contributed by atoms with van der Waals surface area (Å²) in [6.07, 6.45) is 8.10. The van der Waals surface area contributed by atoms with Gasteiger partial charge in [-0.1, -0.05) is 0 Å². The number of rotatable bonds is 10. The van der Waals surface area contributed by atoms with Crippen LogP contribution in [0.15, 0.2) is 46.9 Å². The summed E-state index contributed by atoms with van der Waals surface area (Å²) in [4.78, 5) is 0. The fourth-order valence-electron chi connectivity index (χ4n) is 4.49. The van der Waals surface area contributed by atoms with Crippen molar-refractivity contribution in [3.63, 3.8) is 0 Å². The van der Waals surface area contributed by atoms with Gasteiger partial charge in [-0.05, 0) is 0 Å². The first kappa shape index (κ1) is 19.8. The Hall–Kier alpha value is -0.961. The van der Waals surface area contributed by atoms with E-state index in [2.05, 4.69) is 63.2 Å². The zero-order valence-corrected chi connectivity index (χ0v) is 19.7. The Bertz CT molecular complexity index is 811. The Morgan fingerprint density at radius 3 is 1.88 bits per heavy atom. The zero-order valence-electron chi connectivity index (χ0n) is 16.8. The summed E-state index contributed by atoms with van der Waals surface area (Å²) >= 11 is -2.48. The van der Waals surface area contributed by atoms with Crippen LogP contribution in [0.2, 0.25) is 13.3 Å². The minimum atomic E-state index is -2.48. The van der Waals surface area contributed by atoms with Gasteiger partial charge < -0.3 is 0 Å². The Kier molecular flexibility index (Phi) is 7.08. The fourth-order valence-corrected chi connectivity index (χ4v) is 20.9. The summed E-state index contributed by atoms with van der Waals surface area (Å²) in [5.41, 5.74) is 2.28. The number of hydrogen-bond acceptors (Lipinski definition) is 1. The number of unbranched alkanes of at least 4 members (excludes halogenated alkanes) is 3. The van der Waals surface area contributed by atoms with E-state index in [-0.39, 0.29) is 0 Å². The molecular formula is C24H34OSn. The summed E-state index contributed by atoms with van der Waals surface area (Å²) in [7, 11) is 0. The molecule has 0 aliphatic heterocycles. The van der Waals surface area contributed by atoms with Crippen molar-refractivity contribution < 1.29 is 4.42 Å². The van der Waals surface area contributed by atoms with Crippen LogP contribution < -0.4 is 3.58 Å². The molecule has 2 aromatic carbocycles. The molecule has 0 saturated heterocycles. The molecule has 3 rings (SSSR count). The van der Waals surface area contributed by atoms with Gasteiger partial charge in [0.25, 0.3) is 0 Å². The molecule has 140 valence electrons. The van der Waals surface area contributed by atoms with Crippen LogP contribution in [0.25, 0.3) is 21.9 Å². The number of furan rings is 1. The molecule has 0 bridgehead atoms. The monoisotopic (exact) mass is 458 g/mol. The van der Waals surface area contributed by atoms with Gasteiger partial charge in [0, 0.05) is 0 Å². The second-order valence-electron chi connectivity index (χ2n) is 7.87. The van der Waals surface area contributed by atoms with Crippen LogP contribution in [0, 0.1) is 0 Å². The molecule has 0 spiro atoms. The summed E-state index contributed by atoms with van der Waals surface area (Å²) in [6.45, 7) is 7.04. The van der Waals surface area contributed by atoms with Crippen molar-refractivity contribution in [1.82, 2.24) is 0 Å². The first-order valence-electron chi connectivity index (χ1n) is 10.7. The van der Waals surface area contributed by atoms with Gasteiger partial charge in [0.2, 0.25) is 0 Å². The van der Waals surface area contributed by atoms with Crippen molar-refractivity contribution in [2.75, 3.05) is 0 Å². The summed E-state index contributed by atoms with van der Waals surface area (Å²) < 4.78 is 12.6. The minimum absolute atomic E-state index is 1.05. The maximum absolute atomic E-state index is 6.48. The van der Waals surface area contributed by atoms with Gasteiger partial charge in [-0.15, -0.1) is 0 Å². The van der Waals surface area contributed by atoms with Gasteiger partial charge in [0.15, 0.2) is 0 Å². The van der Waals surface area contributed by atoms with E-state index >= 15 is 0 Å². The number of hydrogen-bond donors (Lipinski definition) is 0. The predicted octanol–water partition coefficient (Wildman–Crippen LogP) is 7.64. The van der Waals surface area contributed by atoms with E-state index in [1.807, 2.05) is 0 Å². The average molecular weight is 457 g/mol. The predicted molar refractivity (Wildman–Crippen MR) is 118 cm³/mol. The van der Waals surface area contributed by atoms with Crippen LogP contribution in [0.4, 0.5) is 0 Å². The molecule has 0 fully saturated rings. The van der Waals surface area contributed by atoms with E-state index < -0.39 is 18.4 Å². The topological polar surface area (TPSA) is 13.1 Å². The molecule has 1 heterocycles. The molecule has 26 heavy (non-hydrogen) atoms. The molecule has 0 unspecified atom stereocenters. The molecular weight excluding hydrogens is 423 g/mol. The van der Waals surface area contributed by atoms with E-state index in [0.717, 1.165) is 5.58 Å². The van der Waals surface area contributed by atoms with Gasteiger partial charge >= 0.3 is 163 Å². The second-order valence-corrected chi connectivity index (χ2v) is 21.0. The third-order valence-corrected chi connectivity index (χ3v) is 21.6. The van der Waals surface area contributed by atoms with E-state index in [1.165, 1.54) is 68.2 Å². The standard InChI is InChI=1S/C12H7O.3C4H9.Sn/c1-3-7-11-9(5-1)10-6-2-4-8-12(10)13-11;3*1-3-4-2;/h1-7H;3*1,3-4H2,2H3;. The second kappa shape index (κ2) is 9.30. The van der Waals surface area contributed by atoms with Gasteiger partial charge in [-0.3, -0.25) is 0 Å². The number of para-hydroxylation sites is 2. The van der Waals surface area contributed by atoms with Crippen LogP contribution in [0.1, 0.15) is 59.3 Å². The molecule has 0 aliphatic carbocycles. The quantitative estimate of drug-likeness (QED) is 0.285. The molecule has 3 aromatic rings. The maximum atomic E-state index is 6.48. The van der Waals surface area contributed by atoms with Gasteiger partial charge in [0.05, 0.1) is 0 Å². The van der Waals surface area contributed by atoms with Gasteiger partial charge in [-0.2, -0.15) is 0 Å². The van der Waals surface area contributed by atoms with Crippen LogP contribution in [0.5, 0.6) is 0 Å². The summed E-state index contributed by atoms with van der Waals surface area (Å²) in [5.74, 6) is 0. The van der Waals surface area contributed by atoms with Crippen LogP contribution in [-0.2, 0) is 0 Å². The Morgan fingerprint density at radius 2 is 1.27 bits per heavy atom. The Labute approximate surface area is 163 Å². The van der Waals surface area contributed by atoms with Crippen molar-refractivity contribution in [2.45, 2.75) is 72.6 Å². The molecule has 0 amide bonds. The molecule has 1 aromatic heterocycles. The summed E-state index contributed by atoms with van der Waals surface area (Å²) in [5, 5.41) is 2.62. The first-order chi connectivity index (χ1) is 12.8. The normalized spacial score (nSPS) is 12.3.